The Bertz CT molecular complexity index is 831. The molecule has 1 unspecified atom stereocenters. The molecule has 0 bridgehead atoms. The molecule has 1 aliphatic heterocycles. The van der Waals surface area contributed by atoms with Crippen LogP contribution in [0.4, 0.5) is 0 Å². The van der Waals surface area contributed by atoms with Crippen molar-refractivity contribution >= 4 is 17.8 Å². The number of furan rings is 2. The van der Waals surface area contributed by atoms with Crippen LogP contribution < -0.4 is 0 Å². The number of hydrogen-bond acceptors (Lipinski definition) is 6. The lowest BCUT2D eigenvalue weighted by Gasteiger charge is -2.25. The van der Waals surface area contributed by atoms with Crippen LogP contribution in [-0.2, 0) is 9.59 Å². The number of aliphatic hydroxyl groups is 1. The molecule has 0 saturated heterocycles. The van der Waals surface area contributed by atoms with Gasteiger partial charge in [0, 0.05) is 13.1 Å². The minimum Gasteiger partial charge on any atom is -0.503 e. The summed E-state index contributed by atoms with van der Waals surface area (Å²) in [5.74, 6) is -0.666. The van der Waals surface area contributed by atoms with Gasteiger partial charge in [-0.05, 0) is 50.5 Å². The van der Waals surface area contributed by atoms with Crippen LogP contribution in [0.1, 0.15) is 17.6 Å². The molecule has 0 aliphatic carbocycles. The molecule has 26 heavy (non-hydrogen) atoms. The number of carbonyl (C=O) groups excluding carboxylic acids is 2. The summed E-state index contributed by atoms with van der Waals surface area (Å²) < 4.78 is 10.6. The third-order valence-electron chi connectivity index (χ3n) is 4.11. The normalized spacial score (nSPS) is 17.9. The molecule has 3 rings (SSSR count). The molecule has 1 N–H and O–H groups in total. The van der Waals surface area contributed by atoms with Crippen molar-refractivity contribution in [3.05, 3.63) is 65.7 Å². The standard InChI is InChI=1S/C19H20N2O5/c1-20(2)9-10-21-17(15-6-4-12-26-15)16(18(23)19(21)24)14(22)8-7-13-5-3-11-25-13/h3-8,11-12,17,23H,9-10H2,1-2H3. The second-order valence-electron chi connectivity index (χ2n) is 6.20. The minimum absolute atomic E-state index is 0.00603. The number of likely N-dealkylation sites (N-methyl/N-ethyl adjacent to an activating group) is 1. The van der Waals surface area contributed by atoms with Crippen LogP contribution >= 0.6 is 0 Å². The zero-order valence-corrected chi connectivity index (χ0v) is 14.6. The van der Waals surface area contributed by atoms with Gasteiger partial charge in [0.25, 0.3) is 5.91 Å². The first kappa shape index (κ1) is 17.8. The van der Waals surface area contributed by atoms with Gasteiger partial charge in [0.05, 0.1) is 18.1 Å². The number of carbonyl (C=O) groups is 2. The van der Waals surface area contributed by atoms with Gasteiger partial charge in [-0.2, -0.15) is 0 Å². The van der Waals surface area contributed by atoms with Crippen molar-refractivity contribution in [3.63, 3.8) is 0 Å². The zero-order chi connectivity index (χ0) is 18.7. The molecule has 0 spiro atoms. The summed E-state index contributed by atoms with van der Waals surface area (Å²) in [4.78, 5) is 28.6. The van der Waals surface area contributed by atoms with E-state index in [0.717, 1.165) is 0 Å². The second-order valence-corrected chi connectivity index (χ2v) is 6.20. The Balaban J connectivity index is 1.92. The fourth-order valence-electron chi connectivity index (χ4n) is 2.82. The lowest BCUT2D eigenvalue weighted by Crippen LogP contribution is -2.36. The number of hydrogen-bond donors (Lipinski definition) is 1. The Morgan fingerprint density at radius 2 is 2.00 bits per heavy atom. The highest BCUT2D eigenvalue weighted by molar-refractivity contribution is 6.14. The summed E-state index contributed by atoms with van der Waals surface area (Å²) in [6.45, 7) is 0.930. The first-order chi connectivity index (χ1) is 12.5. The van der Waals surface area contributed by atoms with E-state index in [4.69, 9.17) is 8.83 Å². The predicted molar refractivity (Wildman–Crippen MR) is 94.1 cm³/mol. The summed E-state index contributed by atoms with van der Waals surface area (Å²) >= 11 is 0. The van der Waals surface area contributed by atoms with Gasteiger partial charge in [-0.15, -0.1) is 0 Å². The molecule has 2 aromatic heterocycles. The molecule has 0 radical (unpaired) electrons. The van der Waals surface area contributed by atoms with Gasteiger partial charge < -0.3 is 23.7 Å². The van der Waals surface area contributed by atoms with Crippen molar-refractivity contribution in [1.29, 1.82) is 0 Å². The largest absolute Gasteiger partial charge is 0.503 e. The average Bonchev–Trinajstić information content (AvgIpc) is 3.34. The van der Waals surface area contributed by atoms with E-state index in [0.29, 0.717) is 24.6 Å². The van der Waals surface area contributed by atoms with E-state index in [1.807, 2.05) is 19.0 Å². The van der Waals surface area contributed by atoms with E-state index in [1.54, 1.807) is 24.3 Å². The van der Waals surface area contributed by atoms with Gasteiger partial charge in [0.1, 0.15) is 17.6 Å². The molecule has 2 aromatic rings. The van der Waals surface area contributed by atoms with E-state index in [2.05, 4.69) is 0 Å². The fraction of sp³-hybridized carbons (Fsp3) is 0.263. The molecule has 1 atom stereocenters. The van der Waals surface area contributed by atoms with Crippen molar-refractivity contribution in [3.8, 4) is 0 Å². The Morgan fingerprint density at radius 3 is 2.62 bits per heavy atom. The van der Waals surface area contributed by atoms with Gasteiger partial charge >= 0.3 is 0 Å². The molecule has 0 saturated carbocycles. The highest BCUT2D eigenvalue weighted by Crippen LogP contribution is 2.37. The van der Waals surface area contributed by atoms with Gasteiger partial charge in [0.2, 0.25) is 0 Å². The summed E-state index contributed by atoms with van der Waals surface area (Å²) in [6, 6.07) is 6.01. The second kappa shape index (κ2) is 7.45. The van der Waals surface area contributed by atoms with Crippen molar-refractivity contribution in [1.82, 2.24) is 9.80 Å². The van der Waals surface area contributed by atoms with Gasteiger partial charge in [-0.25, -0.2) is 0 Å². The van der Waals surface area contributed by atoms with Gasteiger partial charge in [-0.3, -0.25) is 9.59 Å². The predicted octanol–water partition coefficient (Wildman–Crippen LogP) is 2.41. The van der Waals surface area contributed by atoms with Gasteiger partial charge in [0.15, 0.2) is 11.5 Å². The average molecular weight is 356 g/mol. The molecule has 1 amide bonds. The van der Waals surface area contributed by atoms with E-state index in [9.17, 15) is 14.7 Å². The lowest BCUT2D eigenvalue weighted by molar-refractivity contribution is -0.129. The van der Waals surface area contributed by atoms with E-state index in [-0.39, 0.29) is 5.57 Å². The van der Waals surface area contributed by atoms with Crippen molar-refractivity contribution in [2.24, 2.45) is 0 Å². The topological polar surface area (TPSA) is 87.1 Å². The number of amides is 1. The van der Waals surface area contributed by atoms with Crippen LogP contribution in [0.25, 0.3) is 6.08 Å². The third-order valence-corrected chi connectivity index (χ3v) is 4.11. The molecule has 7 heteroatoms. The minimum atomic E-state index is -0.758. The highest BCUT2D eigenvalue weighted by Gasteiger charge is 2.44. The van der Waals surface area contributed by atoms with Crippen molar-refractivity contribution in [2.45, 2.75) is 6.04 Å². The van der Waals surface area contributed by atoms with E-state index >= 15 is 0 Å². The Morgan fingerprint density at radius 1 is 1.27 bits per heavy atom. The maximum Gasteiger partial charge on any atom is 0.290 e. The summed E-state index contributed by atoms with van der Waals surface area (Å²) in [5.41, 5.74) is 0.00603. The number of aliphatic hydroxyl groups excluding tert-OH is 1. The molecule has 7 nitrogen and oxygen atoms in total. The summed E-state index contributed by atoms with van der Waals surface area (Å²) in [5, 5.41) is 10.3. The number of rotatable bonds is 7. The van der Waals surface area contributed by atoms with Crippen LogP contribution in [0.3, 0.4) is 0 Å². The molecular weight excluding hydrogens is 336 g/mol. The molecule has 1 aliphatic rings. The smallest absolute Gasteiger partial charge is 0.290 e. The van der Waals surface area contributed by atoms with Crippen LogP contribution in [0.2, 0.25) is 0 Å². The van der Waals surface area contributed by atoms with Crippen molar-refractivity contribution in [2.75, 3.05) is 27.2 Å². The Labute approximate surface area is 150 Å². The van der Waals surface area contributed by atoms with Crippen LogP contribution in [-0.4, -0.2) is 53.8 Å². The number of allylic oxidation sites excluding steroid dienone is 1. The fourth-order valence-corrected chi connectivity index (χ4v) is 2.82. The zero-order valence-electron chi connectivity index (χ0n) is 14.6. The van der Waals surface area contributed by atoms with E-state index < -0.39 is 23.5 Å². The molecule has 3 heterocycles. The number of ketones is 1. The maximum absolute atomic E-state index is 12.7. The maximum atomic E-state index is 12.7. The Hall–Kier alpha value is -3.06. The Kier molecular flexibility index (Phi) is 5.09. The third kappa shape index (κ3) is 3.48. The highest BCUT2D eigenvalue weighted by atomic mass is 16.3. The van der Waals surface area contributed by atoms with Gasteiger partial charge in [-0.1, -0.05) is 0 Å². The van der Waals surface area contributed by atoms with Crippen LogP contribution in [0.15, 0.2) is 63.0 Å². The van der Waals surface area contributed by atoms with E-state index in [1.165, 1.54) is 29.6 Å². The summed E-state index contributed by atoms with van der Waals surface area (Å²) in [6.07, 6.45) is 5.74. The van der Waals surface area contributed by atoms with Crippen LogP contribution in [0.5, 0.6) is 0 Å². The molecular formula is C19H20N2O5. The first-order valence-corrected chi connectivity index (χ1v) is 8.17. The first-order valence-electron chi connectivity index (χ1n) is 8.17. The SMILES string of the molecule is CN(C)CCN1C(=O)C(O)=C(C(=O)C=Cc2ccco2)C1c1ccco1. The molecule has 136 valence electrons. The van der Waals surface area contributed by atoms with Crippen LogP contribution in [0, 0.1) is 0 Å². The monoisotopic (exact) mass is 356 g/mol. The summed E-state index contributed by atoms with van der Waals surface area (Å²) in [7, 11) is 3.77. The quantitative estimate of drug-likeness (QED) is 0.767. The van der Waals surface area contributed by atoms with Crippen molar-refractivity contribution < 1.29 is 23.5 Å². The molecule has 0 aromatic carbocycles. The number of nitrogens with zero attached hydrogens (tertiary/aromatic N) is 2. The molecule has 0 fully saturated rings. The lowest BCUT2D eigenvalue weighted by atomic mass is 10.0.